The first-order chi connectivity index (χ1) is 17.0. The van der Waals surface area contributed by atoms with Gasteiger partial charge in [0.15, 0.2) is 6.30 Å². The van der Waals surface area contributed by atoms with Crippen molar-refractivity contribution in [2.24, 2.45) is 5.92 Å². The van der Waals surface area contributed by atoms with Crippen LogP contribution in [0.4, 0.5) is 10.1 Å². The number of allylic oxidation sites excluding steroid dienone is 1. The monoisotopic (exact) mass is 471 g/mol. The number of ether oxygens (including phenoxy) is 1. The van der Waals surface area contributed by atoms with Gasteiger partial charge in [-0.15, -0.1) is 0 Å². The van der Waals surface area contributed by atoms with Crippen LogP contribution >= 0.6 is 0 Å². The summed E-state index contributed by atoms with van der Waals surface area (Å²) in [6, 6.07) is 17.9. The molecule has 1 aliphatic carbocycles. The lowest BCUT2D eigenvalue weighted by Gasteiger charge is -2.31. The van der Waals surface area contributed by atoms with Crippen molar-refractivity contribution in [1.82, 2.24) is 10.4 Å². The smallest absolute Gasteiger partial charge is 0.328 e. The van der Waals surface area contributed by atoms with Crippen molar-refractivity contribution < 1.29 is 19.0 Å². The van der Waals surface area contributed by atoms with E-state index in [1.54, 1.807) is 6.20 Å². The zero-order chi connectivity index (χ0) is 24.4. The molecule has 0 bridgehead atoms. The van der Waals surface area contributed by atoms with Crippen molar-refractivity contribution in [3.63, 3.8) is 0 Å². The second-order valence-corrected chi connectivity index (χ2v) is 8.70. The second kappa shape index (κ2) is 9.72. The number of hydrazine groups is 1. The van der Waals surface area contributed by atoms with E-state index < -0.39 is 12.3 Å². The third-order valence-electron chi connectivity index (χ3n) is 6.59. The summed E-state index contributed by atoms with van der Waals surface area (Å²) in [4.78, 5) is 15.5. The average Bonchev–Trinajstić information content (AvgIpc) is 3.22. The maximum absolute atomic E-state index is 14.6. The Morgan fingerprint density at radius 2 is 1.91 bits per heavy atom. The van der Waals surface area contributed by atoms with Crippen molar-refractivity contribution in [3.8, 4) is 5.75 Å². The molecule has 1 atom stereocenters. The van der Waals surface area contributed by atoms with Gasteiger partial charge in [0.05, 0.1) is 12.8 Å². The van der Waals surface area contributed by atoms with Gasteiger partial charge in [0.1, 0.15) is 11.4 Å². The molecule has 178 valence electrons. The molecule has 1 aromatic heterocycles. The Kier molecular flexibility index (Phi) is 6.33. The number of hydrogen-bond acceptors (Lipinski definition) is 5. The summed E-state index contributed by atoms with van der Waals surface area (Å²) in [5.41, 5.74) is 12.2. The number of nitrogens with one attached hydrogen (secondary N) is 2. The van der Waals surface area contributed by atoms with Crippen molar-refractivity contribution >= 4 is 28.9 Å². The number of anilines is 1. The van der Waals surface area contributed by atoms with E-state index in [2.05, 4.69) is 28.0 Å². The molecule has 1 aliphatic heterocycles. The molecule has 0 spiro atoms. The van der Waals surface area contributed by atoms with E-state index in [9.17, 15) is 9.18 Å². The molecule has 35 heavy (non-hydrogen) atoms. The number of benzene rings is 2. The van der Waals surface area contributed by atoms with E-state index in [1.165, 1.54) is 25.2 Å². The van der Waals surface area contributed by atoms with Crippen molar-refractivity contribution in [1.29, 1.82) is 0 Å². The highest BCUT2D eigenvalue weighted by Crippen LogP contribution is 2.46. The van der Waals surface area contributed by atoms with Gasteiger partial charge >= 0.3 is 5.97 Å². The highest BCUT2D eigenvalue weighted by atomic mass is 19.1. The number of nitrogens with zero attached hydrogens (tertiary/aromatic N) is 1. The molecule has 2 aliphatic rings. The Labute approximate surface area is 203 Å². The normalized spacial score (nSPS) is 17.9. The summed E-state index contributed by atoms with van der Waals surface area (Å²) in [7, 11) is 1.53. The molecule has 1 unspecified atom stereocenters. The van der Waals surface area contributed by atoms with Gasteiger partial charge in [0.2, 0.25) is 0 Å². The highest BCUT2D eigenvalue weighted by Gasteiger charge is 2.29. The Hall–Kier alpha value is -3.97. The molecule has 0 radical (unpaired) electrons. The molecule has 0 saturated heterocycles. The van der Waals surface area contributed by atoms with Gasteiger partial charge in [-0.1, -0.05) is 42.8 Å². The summed E-state index contributed by atoms with van der Waals surface area (Å²) in [5, 5.41) is 9.02. The Balaban J connectivity index is 1.74. The molecular formula is C28H26FN3O3. The number of carboxylic acids is 1. The Morgan fingerprint density at radius 3 is 2.60 bits per heavy atom. The van der Waals surface area contributed by atoms with Gasteiger partial charge < -0.3 is 15.3 Å². The zero-order valence-electron chi connectivity index (χ0n) is 19.3. The van der Waals surface area contributed by atoms with Gasteiger partial charge in [-0.25, -0.2) is 14.6 Å². The van der Waals surface area contributed by atoms with Crippen LogP contribution in [0, 0.1) is 5.92 Å². The molecule has 1 fully saturated rings. The SMILES string of the molecule is COc1cc(/C(=C(\c2ccccc2)C2CCC2)c2ccc3c(c2)C(F)NN3)cnc1/C=C/C(=O)O. The summed E-state index contributed by atoms with van der Waals surface area (Å²) >= 11 is 0. The van der Waals surface area contributed by atoms with Crippen LogP contribution in [-0.2, 0) is 4.79 Å². The Bertz CT molecular complexity index is 1320. The van der Waals surface area contributed by atoms with Crippen LogP contribution < -0.4 is 15.6 Å². The molecule has 7 heteroatoms. The number of pyridine rings is 1. The fraction of sp³-hybridized carbons (Fsp3) is 0.214. The number of aromatic nitrogens is 1. The summed E-state index contributed by atoms with van der Waals surface area (Å²) in [6.07, 6.45) is 6.21. The van der Waals surface area contributed by atoms with Crippen LogP contribution in [0.15, 0.2) is 66.9 Å². The van der Waals surface area contributed by atoms with E-state index in [0.717, 1.165) is 46.9 Å². The van der Waals surface area contributed by atoms with Crippen molar-refractivity contribution in [2.45, 2.75) is 25.6 Å². The van der Waals surface area contributed by atoms with Crippen LogP contribution in [0.5, 0.6) is 5.75 Å². The Morgan fingerprint density at radius 1 is 1.11 bits per heavy atom. The van der Waals surface area contributed by atoms with E-state index in [1.807, 2.05) is 42.5 Å². The quantitative estimate of drug-likeness (QED) is 0.228. The number of hydrogen-bond donors (Lipinski definition) is 3. The number of rotatable bonds is 7. The van der Waals surface area contributed by atoms with Crippen LogP contribution in [-0.4, -0.2) is 23.2 Å². The van der Waals surface area contributed by atoms with Crippen LogP contribution in [0.25, 0.3) is 17.2 Å². The molecule has 1 saturated carbocycles. The van der Waals surface area contributed by atoms with Gasteiger partial charge in [-0.3, -0.25) is 4.98 Å². The lowest BCUT2D eigenvalue weighted by molar-refractivity contribution is -0.131. The predicted octanol–water partition coefficient (Wildman–Crippen LogP) is 5.85. The first kappa shape index (κ1) is 22.8. The van der Waals surface area contributed by atoms with Gasteiger partial charge in [0.25, 0.3) is 0 Å². The van der Waals surface area contributed by atoms with Gasteiger partial charge in [-0.05, 0) is 65.3 Å². The predicted molar refractivity (Wildman–Crippen MR) is 134 cm³/mol. The number of halogens is 1. The maximum atomic E-state index is 14.6. The standard InChI is InChI=1S/C28H26FN3O3/c1-35-24-15-20(16-30-23(24)12-13-25(33)34)27(19-10-11-22-21(14-19)28(29)32-31-22)26(18-8-5-9-18)17-6-3-2-4-7-17/h2-4,6-7,10-16,18,28,31-32H,5,8-9H2,1H3,(H,33,34)/b13-12+,27-26+. The molecular weight excluding hydrogens is 445 g/mol. The highest BCUT2D eigenvalue weighted by molar-refractivity contribution is 6.00. The number of carboxylic acid groups (broad SMARTS) is 1. The summed E-state index contributed by atoms with van der Waals surface area (Å²) in [5.74, 6) is -0.224. The van der Waals surface area contributed by atoms with Crippen LogP contribution in [0.2, 0.25) is 0 Å². The fourth-order valence-electron chi connectivity index (χ4n) is 4.67. The third-order valence-corrected chi connectivity index (χ3v) is 6.59. The van der Waals surface area contributed by atoms with E-state index in [0.29, 0.717) is 22.9 Å². The minimum absolute atomic E-state index is 0.371. The van der Waals surface area contributed by atoms with Gasteiger partial charge in [-0.2, -0.15) is 0 Å². The zero-order valence-corrected chi connectivity index (χ0v) is 19.3. The second-order valence-electron chi connectivity index (χ2n) is 8.70. The van der Waals surface area contributed by atoms with Crippen molar-refractivity contribution in [2.75, 3.05) is 12.5 Å². The number of fused-ring (bicyclic) bond motifs is 1. The van der Waals surface area contributed by atoms with Crippen LogP contribution in [0.1, 0.15) is 53.5 Å². The number of alkyl halides is 1. The topological polar surface area (TPSA) is 83.5 Å². The summed E-state index contributed by atoms with van der Waals surface area (Å²) < 4.78 is 20.1. The molecule has 3 N–H and O–H groups in total. The average molecular weight is 472 g/mol. The summed E-state index contributed by atoms with van der Waals surface area (Å²) in [6.45, 7) is 0. The molecule has 5 rings (SSSR count). The fourth-order valence-corrected chi connectivity index (χ4v) is 4.67. The number of carbonyl (C=O) groups is 1. The lowest BCUT2D eigenvalue weighted by Crippen LogP contribution is -2.15. The minimum atomic E-state index is -1.30. The first-order valence-corrected chi connectivity index (χ1v) is 11.6. The number of aliphatic carboxylic acids is 1. The molecule has 0 amide bonds. The number of methoxy groups -OCH3 is 1. The molecule has 6 nitrogen and oxygen atoms in total. The third kappa shape index (κ3) is 4.55. The van der Waals surface area contributed by atoms with E-state index in [4.69, 9.17) is 9.84 Å². The first-order valence-electron chi connectivity index (χ1n) is 11.6. The molecule has 2 heterocycles. The van der Waals surface area contributed by atoms with E-state index >= 15 is 0 Å². The molecule has 3 aromatic rings. The maximum Gasteiger partial charge on any atom is 0.328 e. The van der Waals surface area contributed by atoms with Gasteiger partial charge in [0, 0.05) is 23.4 Å². The lowest BCUT2D eigenvalue weighted by atomic mass is 9.73. The van der Waals surface area contributed by atoms with Crippen molar-refractivity contribution in [3.05, 3.63) is 94.8 Å². The van der Waals surface area contributed by atoms with Crippen LogP contribution in [0.3, 0.4) is 0 Å². The minimum Gasteiger partial charge on any atom is -0.494 e. The largest absolute Gasteiger partial charge is 0.494 e. The molecule has 2 aromatic carbocycles. The van der Waals surface area contributed by atoms with E-state index in [-0.39, 0.29) is 0 Å².